The average molecular weight is 278 g/mol. The number of hydrogen-bond acceptors (Lipinski definition) is 3. The molecule has 0 bridgehead atoms. The first-order valence-electron chi connectivity index (χ1n) is 6.41. The van der Waals surface area contributed by atoms with Gasteiger partial charge in [0, 0.05) is 22.7 Å². The normalized spacial score (nSPS) is 12.0. The summed E-state index contributed by atoms with van der Waals surface area (Å²) in [6.07, 6.45) is 5.83. The van der Waals surface area contributed by atoms with Gasteiger partial charge in [-0.1, -0.05) is 42.5 Å². The molecule has 0 fully saturated rings. The first-order chi connectivity index (χ1) is 9.93. The van der Waals surface area contributed by atoms with Gasteiger partial charge in [0.05, 0.1) is 5.52 Å². The van der Waals surface area contributed by atoms with E-state index >= 15 is 0 Å². The zero-order valence-corrected chi connectivity index (χ0v) is 11.7. The van der Waals surface area contributed by atoms with E-state index in [1.807, 2.05) is 42.7 Å². The maximum absolute atomic E-state index is 4.18. The molecule has 2 heterocycles. The lowest BCUT2D eigenvalue weighted by Gasteiger charge is -2.08. The SMILES string of the molecule is C1=Cc2ccccc2SN1.c1ccc2ncccc2c1. The molecule has 0 spiro atoms. The summed E-state index contributed by atoms with van der Waals surface area (Å²) < 4.78 is 3.08. The van der Waals surface area contributed by atoms with Crippen LogP contribution < -0.4 is 4.72 Å². The standard InChI is InChI=1S/C9H7N.C8H7NS/c1-2-6-9-8(4-1)5-3-7-10-9;1-2-4-8-7(3-1)5-6-9-10-8/h1-7H;1-6,9H. The van der Waals surface area contributed by atoms with Gasteiger partial charge in [0.25, 0.3) is 0 Å². The molecule has 1 N–H and O–H groups in total. The molecule has 0 atom stereocenters. The summed E-state index contributed by atoms with van der Waals surface area (Å²) in [5.41, 5.74) is 2.36. The van der Waals surface area contributed by atoms with E-state index in [4.69, 9.17) is 0 Å². The first-order valence-corrected chi connectivity index (χ1v) is 7.23. The van der Waals surface area contributed by atoms with E-state index in [0.29, 0.717) is 0 Å². The summed E-state index contributed by atoms with van der Waals surface area (Å²) in [5.74, 6) is 0. The van der Waals surface area contributed by atoms with E-state index in [9.17, 15) is 0 Å². The zero-order valence-electron chi connectivity index (χ0n) is 10.9. The lowest BCUT2D eigenvalue weighted by molar-refractivity contribution is 1.32. The predicted molar refractivity (Wildman–Crippen MR) is 86.2 cm³/mol. The largest absolute Gasteiger partial charge is 0.332 e. The van der Waals surface area contributed by atoms with Crippen LogP contribution in [0.2, 0.25) is 0 Å². The number of nitrogens with zero attached hydrogens (tertiary/aromatic N) is 1. The molecule has 2 aromatic carbocycles. The summed E-state index contributed by atoms with van der Waals surface area (Å²) in [6, 6.07) is 20.4. The van der Waals surface area contributed by atoms with Gasteiger partial charge in [0.15, 0.2) is 0 Å². The molecule has 0 radical (unpaired) electrons. The van der Waals surface area contributed by atoms with Crippen molar-refractivity contribution in [1.82, 2.24) is 9.71 Å². The van der Waals surface area contributed by atoms with Gasteiger partial charge in [-0.3, -0.25) is 4.98 Å². The summed E-state index contributed by atoms with van der Waals surface area (Å²) in [5, 5.41) is 1.20. The molecule has 3 heteroatoms. The van der Waals surface area contributed by atoms with E-state index in [2.05, 4.69) is 46.1 Å². The van der Waals surface area contributed by atoms with Crippen molar-refractivity contribution in [3.8, 4) is 0 Å². The van der Waals surface area contributed by atoms with E-state index in [1.165, 1.54) is 15.8 Å². The highest BCUT2D eigenvalue weighted by atomic mass is 32.2. The number of nitrogens with one attached hydrogen (secondary N) is 1. The molecule has 1 aliphatic heterocycles. The minimum atomic E-state index is 1.06. The molecule has 0 amide bonds. The zero-order chi connectivity index (χ0) is 13.6. The molecular weight excluding hydrogens is 264 g/mol. The van der Waals surface area contributed by atoms with Crippen LogP contribution in [0, 0.1) is 0 Å². The van der Waals surface area contributed by atoms with Crippen LogP contribution in [0.5, 0.6) is 0 Å². The predicted octanol–water partition coefficient (Wildman–Crippen LogP) is 4.50. The third-order valence-corrected chi connectivity index (χ3v) is 3.78. The second-order valence-electron chi connectivity index (χ2n) is 4.29. The third kappa shape index (κ3) is 3.00. The first kappa shape index (κ1) is 12.8. The molecule has 4 rings (SSSR count). The van der Waals surface area contributed by atoms with Crippen LogP contribution in [-0.4, -0.2) is 4.98 Å². The Bertz CT molecular complexity index is 672. The summed E-state index contributed by atoms with van der Waals surface area (Å²) >= 11 is 1.65. The fourth-order valence-electron chi connectivity index (χ4n) is 1.95. The lowest BCUT2D eigenvalue weighted by Crippen LogP contribution is -1.96. The Labute approximate surface area is 122 Å². The van der Waals surface area contributed by atoms with Gasteiger partial charge in [-0.25, -0.2) is 0 Å². The Morgan fingerprint density at radius 2 is 1.65 bits per heavy atom. The van der Waals surface area contributed by atoms with Gasteiger partial charge >= 0.3 is 0 Å². The number of rotatable bonds is 0. The Kier molecular flexibility index (Phi) is 3.99. The Morgan fingerprint density at radius 1 is 0.850 bits per heavy atom. The number of pyridine rings is 1. The highest BCUT2D eigenvalue weighted by Gasteiger charge is 2.00. The van der Waals surface area contributed by atoms with Gasteiger partial charge in [-0.15, -0.1) is 0 Å². The topological polar surface area (TPSA) is 24.9 Å². The van der Waals surface area contributed by atoms with Gasteiger partial charge in [-0.2, -0.15) is 0 Å². The van der Waals surface area contributed by atoms with Crippen LogP contribution in [0.3, 0.4) is 0 Å². The molecule has 1 aromatic heterocycles. The van der Waals surface area contributed by atoms with Crippen LogP contribution in [0.15, 0.2) is 78.0 Å². The number of fused-ring (bicyclic) bond motifs is 2. The van der Waals surface area contributed by atoms with Crippen LogP contribution in [-0.2, 0) is 0 Å². The van der Waals surface area contributed by atoms with E-state index in [1.54, 1.807) is 11.9 Å². The number of benzene rings is 2. The minimum Gasteiger partial charge on any atom is -0.332 e. The highest BCUT2D eigenvalue weighted by Crippen LogP contribution is 2.23. The van der Waals surface area contributed by atoms with Crippen molar-refractivity contribution in [3.05, 3.63) is 78.6 Å². The molecule has 2 nitrogen and oxygen atoms in total. The van der Waals surface area contributed by atoms with E-state index in [0.717, 1.165) is 5.52 Å². The Morgan fingerprint density at radius 3 is 2.55 bits per heavy atom. The third-order valence-electron chi connectivity index (χ3n) is 2.93. The average Bonchev–Trinajstić information content (AvgIpc) is 2.56. The fraction of sp³-hybridized carbons (Fsp3) is 0. The molecular formula is C17H14N2S. The summed E-state index contributed by atoms with van der Waals surface area (Å²) in [4.78, 5) is 5.48. The van der Waals surface area contributed by atoms with Crippen molar-refractivity contribution in [1.29, 1.82) is 0 Å². The van der Waals surface area contributed by atoms with Crippen molar-refractivity contribution in [2.45, 2.75) is 4.90 Å². The fourth-order valence-corrected chi connectivity index (χ4v) is 2.61. The van der Waals surface area contributed by atoms with Crippen LogP contribution in [0.1, 0.15) is 5.56 Å². The van der Waals surface area contributed by atoms with Crippen LogP contribution in [0.4, 0.5) is 0 Å². The number of aromatic nitrogens is 1. The maximum Gasteiger partial charge on any atom is 0.0701 e. The van der Waals surface area contributed by atoms with Crippen molar-refractivity contribution in [2.24, 2.45) is 0 Å². The maximum atomic E-state index is 4.18. The van der Waals surface area contributed by atoms with Crippen molar-refractivity contribution in [2.75, 3.05) is 0 Å². The minimum absolute atomic E-state index is 1.06. The highest BCUT2D eigenvalue weighted by molar-refractivity contribution is 7.97. The molecule has 0 saturated heterocycles. The van der Waals surface area contributed by atoms with Crippen LogP contribution >= 0.6 is 11.9 Å². The Hall–Kier alpha value is -2.26. The molecule has 0 unspecified atom stereocenters. The quantitative estimate of drug-likeness (QED) is 0.613. The molecule has 98 valence electrons. The van der Waals surface area contributed by atoms with Gasteiger partial charge in [-0.05, 0) is 41.8 Å². The van der Waals surface area contributed by atoms with Crippen molar-refractivity contribution in [3.63, 3.8) is 0 Å². The second kappa shape index (κ2) is 6.26. The summed E-state index contributed by atoms with van der Waals surface area (Å²) in [7, 11) is 0. The van der Waals surface area contributed by atoms with Crippen molar-refractivity contribution >= 4 is 28.9 Å². The lowest BCUT2D eigenvalue weighted by atomic mass is 10.2. The molecule has 0 saturated carbocycles. The number of para-hydroxylation sites is 1. The van der Waals surface area contributed by atoms with Gasteiger partial charge in [0.2, 0.25) is 0 Å². The summed E-state index contributed by atoms with van der Waals surface area (Å²) in [6.45, 7) is 0. The molecule has 1 aliphatic rings. The Balaban J connectivity index is 0.000000121. The van der Waals surface area contributed by atoms with Crippen LogP contribution in [0.25, 0.3) is 17.0 Å². The van der Waals surface area contributed by atoms with Gasteiger partial charge < -0.3 is 4.72 Å². The van der Waals surface area contributed by atoms with E-state index < -0.39 is 0 Å². The molecule has 0 aliphatic carbocycles. The molecule has 20 heavy (non-hydrogen) atoms. The van der Waals surface area contributed by atoms with Crippen molar-refractivity contribution < 1.29 is 0 Å². The second-order valence-corrected chi connectivity index (χ2v) is 5.17. The molecule has 3 aromatic rings. The van der Waals surface area contributed by atoms with E-state index in [-0.39, 0.29) is 0 Å². The number of hydrogen-bond donors (Lipinski definition) is 1. The monoisotopic (exact) mass is 278 g/mol. The smallest absolute Gasteiger partial charge is 0.0701 e. The van der Waals surface area contributed by atoms with Gasteiger partial charge in [0.1, 0.15) is 0 Å².